The minimum absolute atomic E-state index is 0.0579. The predicted octanol–water partition coefficient (Wildman–Crippen LogP) is 0.584. The van der Waals surface area contributed by atoms with Crippen LogP contribution in [0.3, 0.4) is 0 Å². The van der Waals surface area contributed by atoms with E-state index in [1.807, 2.05) is 0 Å². The molecule has 5 atom stereocenters. The second-order valence-corrected chi connectivity index (χ2v) is 11.8. The van der Waals surface area contributed by atoms with E-state index >= 15 is 0 Å². The van der Waals surface area contributed by atoms with Crippen molar-refractivity contribution < 1.29 is 52.8 Å². The maximum atomic E-state index is 12.6. The molecule has 2 aliphatic carbocycles. The molecule has 0 aromatic carbocycles. The number of carbonyl (C=O) groups is 5. The number of carboxylic acid groups (broad SMARTS) is 1. The topological polar surface area (TPSA) is 214 Å². The number of hydrogen-bond acceptors (Lipinski definition) is 10. The van der Waals surface area contributed by atoms with Gasteiger partial charge in [-0.3, -0.25) is 19.2 Å². The lowest BCUT2D eigenvalue weighted by Gasteiger charge is -2.23. The number of aliphatic carboxylic acids is 1. The van der Waals surface area contributed by atoms with Crippen molar-refractivity contribution >= 4 is 29.8 Å². The van der Waals surface area contributed by atoms with Gasteiger partial charge in [-0.15, -0.1) is 11.8 Å². The van der Waals surface area contributed by atoms with Crippen LogP contribution >= 0.6 is 0 Å². The summed E-state index contributed by atoms with van der Waals surface area (Å²) in [5, 5.41) is 16.6. The second kappa shape index (κ2) is 23.0. The van der Waals surface area contributed by atoms with Gasteiger partial charge in [-0.25, -0.2) is 4.79 Å². The average molecular weight is 669 g/mol. The number of primary amides is 1. The number of carboxylic acids is 1. The fourth-order valence-corrected chi connectivity index (χ4v) is 5.28. The highest BCUT2D eigenvalue weighted by Gasteiger charge is 2.49. The summed E-state index contributed by atoms with van der Waals surface area (Å²) in [5.74, 6) is 4.78. The Bertz CT molecular complexity index is 1040. The predicted molar refractivity (Wildman–Crippen MR) is 169 cm³/mol. The first kappa shape index (κ1) is 39.7. The van der Waals surface area contributed by atoms with Crippen molar-refractivity contribution in [3.63, 3.8) is 0 Å². The van der Waals surface area contributed by atoms with Crippen LogP contribution in [0.4, 0.5) is 4.79 Å². The molecule has 15 nitrogen and oxygen atoms in total. The van der Waals surface area contributed by atoms with Gasteiger partial charge in [0.1, 0.15) is 12.1 Å². The van der Waals surface area contributed by atoms with Crippen molar-refractivity contribution in [1.29, 1.82) is 0 Å². The van der Waals surface area contributed by atoms with E-state index in [0.717, 1.165) is 25.7 Å². The van der Waals surface area contributed by atoms with E-state index in [1.165, 1.54) is 0 Å². The van der Waals surface area contributed by atoms with Gasteiger partial charge in [-0.05, 0) is 42.9 Å². The Labute approximate surface area is 276 Å². The minimum atomic E-state index is -1.14. The molecule has 0 spiro atoms. The van der Waals surface area contributed by atoms with Gasteiger partial charge < -0.3 is 50.5 Å². The molecule has 1 fully saturated rings. The normalized spacial score (nSPS) is 19.5. The van der Waals surface area contributed by atoms with Crippen molar-refractivity contribution in [2.24, 2.45) is 29.4 Å². The van der Waals surface area contributed by atoms with Crippen LogP contribution in [0.25, 0.3) is 0 Å². The van der Waals surface area contributed by atoms with Crippen LogP contribution in [0.15, 0.2) is 0 Å². The molecule has 266 valence electrons. The number of ether oxygens (including phenoxy) is 5. The zero-order valence-electron chi connectivity index (χ0n) is 27.6. The minimum Gasteiger partial charge on any atom is -0.481 e. The summed E-state index contributed by atoms with van der Waals surface area (Å²) in [5.41, 5.74) is 5.33. The van der Waals surface area contributed by atoms with Crippen molar-refractivity contribution in [3.05, 3.63) is 0 Å². The van der Waals surface area contributed by atoms with Crippen LogP contribution in [0.5, 0.6) is 0 Å². The maximum absolute atomic E-state index is 12.6. The van der Waals surface area contributed by atoms with E-state index in [0.29, 0.717) is 63.9 Å². The van der Waals surface area contributed by atoms with E-state index in [2.05, 4.69) is 27.8 Å². The van der Waals surface area contributed by atoms with Crippen molar-refractivity contribution in [1.82, 2.24) is 16.0 Å². The van der Waals surface area contributed by atoms with Crippen LogP contribution in [0.2, 0.25) is 0 Å². The Morgan fingerprint density at radius 2 is 1.36 bits per heavy atom. The monoisotopic (exact) mass is 668 g/mol. The van der Waals surface area contributed by atoms with Gasteiger partial charge in [-0.1, -0.05) is 13.8 Å². The van der Waals surface area contributed by atoms with Crippen LogP contribution in [-0.2, 0) is 42.9 Å². The summed E-state index contributed by atoms with van der Waals surface area (Å²) in [6.07, 6.45) is 3.09. The lowest BCUT2D eigenvalue weighted by molar-refractivity contribution is -0.138. The molecule has 1 saturated carbocycles. The largest absolute Gasteiger partial charge is 0.481 e. The Morgan fingerprint density at radius 3 is 1.89 bits per heavy atom. The van der Waals surface area contributed by atoms with Gasteiger partial charge in [0.05, 0.1) is 59.5 Å². The molecule has 47 heavy (non-hydrogen) atoms. The SMILES string of the molecule is CC(C)[C@H](NC(=O)[C@@H](CCC(=O)O)NC(=O)CCOCCOCCOCCOCCNC(=O)OC[C@@H]1[C@@H]2CCC#CCC[C@@H]21)C(N)=O. The molecule has 0 aliphatic heterocycles. The standard InChI is InChI=1S/C32H52N4O11/c1-22(2)29(30(33)40)36-31(41)26(9-10-28(38)39)35-27(37)11-13-43-15-17-45-19-20-46-18-16-44-14-12-34-32(42)47-21-25-23-7-5-3-4-6-8-24(23)25/h22-26,29H,5-21H2,1-2H3,(H2,33,40)(H,34,42)(H,35,37)(H,36,41)(H,38,39)/t23-,24+,25-,26-,29+/m1/s1. The molecule has 2 aliphatic rings. The first-order chi connectivity index (χ1) is 22.6. The third kappa shape index (κ3) is 17.3. The van der Waals surface area contributed by atoms with E-state index < -0.39 is 41.9 Å². The lowest BCUT2D eigenvalue weighted by Crippen LogP contribution is -2.54. The zero-order chi connectivity index (χ0) is 34.4. The van der Waals surface area contributed by atoms with Crippen LogP contribution in [-0.4, -0.2) is 113 Å². The molecule has 0 bridgehead atoms. The number of fused-ring (bicyclic) bond motifs is 1. The second-order valence-electron chi connectivity index (χ2n) is 11.8. The van der Waals surface area contributed by atoms with Crippen LogP contribution in [0.1, 0.15) is 58.8 Å². The number of rotatable bonds is 25. The summed E-state index contributed by atoms with van der Waals surface area (Å²) in [7, 11) is 0. The maximum Gasteiger partial charge on any atom is 0.407 e. The van der Waals surface area contributed by atoms with Gasteiger partial charge in [0.15, 0.2) is 0 Å². The van der Waals surface area contributed by atoms with E-state index in [9.17, 15) is 24.0 Å². The lowest BCUT2D eigenvalue weighted by atomic mass is 10.0. The molecule has 0 unspecified atom stereocenters. The molecule has 0 radical (unpaired) electrons. The first-order valence-electron chi connectivity index (χ1n) is 16.4. The number of alkyl carbamates (subject to hydrolysis) is 1. The molecule has 15 heteroatoms. The smallest absolute Gasteiger partial charge is 0.407 e. The quantitative estimate of drug-likeness (QED) is 0.0670. The molecular formula is C32H52N4O11. The zero-order valence-corrected chi connectivity index (χ0v) is 27.6. The Balaban J connectivity index is 1.40. The van der Waals surface area contributed by atoms with Crippen molar-refractivity contribution in [2.45, 2.75) is 70.9 Å². The third-order valence-electron chi connectivity index (χ3n) is 7.92. The molecule has 4 amide bonds. The van der Waals surface area contributed by atoms with Gasteiger partial charge in [0.25, 0.3) is 0 Å². The van der Waals surface area contributed by atoms with E-state index in [-0.39, 0.29) is 45.0 Å². The fraction of sp³-hybridized carbons (Fsp3) is 0.781. The van der Waals surface area contributed by atoms with E-state index in [1.54, 1.807) is 13.8 Å². The molecule has 0 aromatic heterocycles. The molecule has 0 saturated heterocycles. The molecular weight excluding hydrogens is 616 g/mol. The van der Waals surface area contributed by atoms with Gasteiger partial charge in [-0.2, -0.15) is 0 Å². The fourth-order valence-electron chi connectivity index (χ4n) is 5.28. The highest BCUT2D eigenvalue weighted by molar-refractivity contribution is 5.92. The summed E-state index contributed by atoms with van der Waals surface area (Å²) in [4.78, 5) is 59.4. The van der Waals surface area contributed by atoms with E-state index in [4.69, 9.17) is 34.5 Å². The summed E-state index contributed by atoms with van der Waals surface area (Å²) < 4.78 is 27.1. The number of hydrogen-bond donors (Lipinski definition) is 5. The van der Waals surface area contributed by atoms with Crippen LogP contribution in [0, 0.1) is 35.5 Å². The van der Waals surface area contributed by atoms with Crippen molar-refractivity contribution in [3.8, 4) is 11.8 Å². The molecule has 6 N–H and O–H groups in total. The Hall–Kier alpha value is -3.45. The van der Waals surface area contributed by atoms with Gasteiger partial charge >= 0.3 is 12.1 Å². The number of amides is 4. The van der Waals surface area contributed by atoms with Crippen LogP contribution < -0.4 is 21.7 Å². The Kier molecular flexibility index (Phi) is 19.4. The summed E-state index contributed by atoms with van der Waals surface area (Å²) in [6.45, 7) is 6.60. The third-order valence-corrected chi connectivity index (χ3v) is 7.92. The highest BCUT2D eigenvalue weighted by Crippen LogP contribution is 2.52. The highest BCUT2D eigenvalue weighted by atomic mass is 16.6. The first-order valence-corrected chi connectivity index (χ1v) is 16.4. The molecule has 2 rings (SSSR count). The Morgan fingerprint density at radius 1 is 0.809 bits per heavy atom. The number of carbonyl (C=O) groups excluding carboxylic acids is 4. The number of nitrogens with two attached hydrogens (primary N) is 1. The molecule has 0 heterocycles. The average Bonchev–Trinajstić information content (AvgIpc) is 3.66. The number of nitrogens with one attached hydrogen (secondary N) is 3. The summed E-state index contributed by atoms with van der Waals surface area (Å²) >= 11 is 0. The van der Waals surface area contributed by atoms with Gasteiger partial charge in [0.2, 0.25) is 17.7 Å². The van der Waals surface area contributed by atoms with Crippen molar-refractivity contribution in [2.75, 3.05) is 66.0 Å². The molecule has 0 aromatic rings. The van der Waals surface area contributed by atoms with Gasteiger partial charge in [0, 0.05) is 32.2 Å². The summed E-state index contributed by atoms with van der Waals surface area (Å²) in [6, 6.07) is -2.09.